The van der Waals surface area contributed by atoms with Gasteiger partial charge in [-0.3, -0.25) is 9.48 Å². The maximum Gasteiger partial charge on any atom is 0.335 e. The number of aromatic nitrogens is 2. The van der Waals surface area contributed by atoms with Gasteiger partial charge < -0.3 is 10.4 Å². The predicted molar refractivity (Wildman–Crippen MR) is 83.0 cm³/mol. The van der Waals surface area contributed by atoms with Gasteiger partial charge in [-0.05, 0) is 45.0 Å². The Balaban J connectivity index is 2.09. The first-order chi connectivity index (χ1) is 10.8. The first-order valence-corrected chi connectivity index (χ1v) is 7.13. The van der Waals surface area contributed by atoms with Crippen molar-refractivity contribution in [3.8, 4) is 0 Å². The zero-order valence-corrected chi connectivity index (χ0v) is 13.1. The Morgan fingerprint density at radius 2 is 2.04 bits per heavy atom. The quantitative estimate of drug-likeness (QED) is 0.887. The number of halogens is 1. The first-order valence-electron chi connectivity index (χ1n) is 7.13. The summed E-state index contributed by atoms with van der Waals surface area (Å²) in [7, 11) is 0. The maximum atomic E-state index is 13.7. The Labute approximate surface area is 132 Å². The fourth-order valence-corrected chi connectivity index (χ4v) is 2.40. The van der Waals surface area contributed by atoms with Crippen LogP contribution in [0.1, 0.15) is 41.1 Å². The van der Waals surface area contributed by atoms with E-state index in [1.165, 1.54) is 0 Å². The van der Waals surface area contributed by atoms with Crippen LogP contribution < -0.4 is 5.32 Å². The molecule has 122 valence electrons. The molecule has 0 aliphatic carbocycles. The van der Waals surface area contributed by atoms with E-state index in [-0.39, 0.29) is 23.7 Å². The molecule has 6 nitrogen and oxygen atoms in total. The number of benzene rings is 1. The van der Waals surface area contributed by atoms with E-state index in [2.05, 4.69) is 10.4 Å². The summed E-state index contributed by atoms with van der Waals surface area (Å²) in [4.78, 5) is 23.0. The van der Waals surface area contributed by atoms with Crippen LogP contribution >= 0.6 is 0 Å². The number of nitrogens with one attached hydrogen (secondary N) is 1. The number of aryl methyl sites for hydroxylation is 2. The third kappa shape index (κ3) is 3.94. The van der Waals surface area contributed by atoms with Crippen LogP contribution in [0.25, 0.3) is 0 Å². The van der Waals surface area contributed by atoms with Gasteiger partial charge in [0.25, 0.3) is 0 Å². The van der Waals surface area contributed by atoms with Crippen molar-refractivity contribution in [2.45, 2.75) is 33.2 Å². The minimum Gasteiger partial charge on any atom is -0.478 e. The summed E-state index contributed by atoms with van der Waals surface area (Å²) in [6.45, 7) is 5.59. The van der Waals surface area contributed by atoms with Crippen LogP contribution in [-0.4, -0.2) is 26.8 Å². The molecule has 0 saturated carbocycles. The van der Waals surface area contributed by atoms with E-state index in [4.69, 9.17) is 5.11 Å². The number of carboxylic acids is 1. The van der Waals surface area contributed by atoms with Crippen molar-refractivity contribution in [1.29, 1.82) is 0 Å². The molecule has 0 saturated heterocycles. The molecule has 0 radical (unpaired) electrons. The molecule has 1 aromatic heterocycles. The molecule has 23 heavy (non-hydrogen) atoms. The number of rotatable bonds is 5. The van der Waals surface area contributed by atoms with Crippen LogP contribution in [0.3, 0.4) is 0 Å². The Morgan fingerprint density at radius 1 is 1.35 bits per heavy atom. The number of carbonyl (C=O) groups is 2. The Hall–Kier alpha value is -2.70. The third-order valence-corrected chi connectivity index (χ3v) is 3.43. The summed E-state index contributed by atoms with van der Waals surface area (Å²) in [5.41, 5.74) is 1.56. The molecule has 1 atom stereocenters. The van der Waals surface area contributed by atoms with Gasteiger partial charge in [-0.1, -0.05) is 0 Å². The van der Waals surface area contributed by atoms with E-state index < -0.39 is 17.7 Å². The van der Waals surface area contributed by atoms with Crippen molar-refractivity contribution in [1.82, 2.24) is 9.78 Å². The van der Waals surface area contributed by atoms with Crippen LogP contribution in [0.2, 0.25) is 0 Å². The summed E-state index contributed by atoms with van der Waals surface area (Å²) in [6, 6.07) is 4.97. The maximum absolute atomic E-state index is 13.7. The van der Waals surface area contributed by atoms with E-state index in [1.807, 2.05) is 26.8 Å². The number of carbonyl (C=O) groups excluding carboxylic acids is 1. The average Bonchev–Trinajstić information content (AvgIpc) is 2.79. The number of amides is 1. The molecule has 0 aliphatic rings. The topological polar surface area (TPSA) is 84.2 Å². The SMILES string of the molecule is Cc1cc(C)n([C@H](C)CC(=O)Nc2cc(C(=O)O)ccc2F)n1. The standard InChI is InChI=1S/C16H18FN3O3/c1-9-6-10(2)20(19-9)11(3)7-15(21)18-14-8-12(16(22)23)4-5-13(14)17/h4-6,8,11H,7H2,1-3H3,(H,18,21)(H,22,23)/t11-/m1/s1. The number of anilines is 1. The highest BCUT2D eigenvalue weighted by Gasteiger charge is 2.16. The number of carboxylic acid groups (broad SMARTS) is 1. The van der Waals surface area contributed by atoms with Gasteiger partial charge in [0.05, 0.1) is 23.0 Å². The molecule has 1 amide bonds. The number of aromatic carboxylic acids is 1. The minimum absolute atomic E-state index is 0.0895. The summed E-state index contributed by atoms with van der Waals surface area (Å²) in [5.74, 6) is -2.27. The second kappa shape index (κ2) is 6.60. The molecule has 0 unspecified atom stereocenters. The summed E-state index contributed by atoms with van der Waals surface area (Å²) in [5, 5.41) is 15.6. The Bertz CT molecular complexity index is 755. The normalized spacial score (nSPS) is 12.0. The lowest BCUT2D eigenvalue weighted by Crippen LogP contribution is -2.19. The highest BCUT2D eigenvalue weighted by molar-refractivity contribution is 5.94. The number of hydrogen-bond acceptors (Lipinski definition) is 3. The monoisotopic (exact) mass is 319 g/mol. The summed E-state index contributed by atoms with van der Waals surface area (Å²) < 4.78 is 15.4. The molecule has 0 bridgehead atoms. The van der Waals surface area contributed by atoms with Gasteiger partial charge in [0.1, 0.15) is 5.82 Å². The molecular weight excluding hydrogens is 301 g/mol. The van der Waals surface area contributed by atoms with Gasteiger partial charge in [-0.25, -0.2) is 9.18 Å². The number of hydrogen-bond donors (Lipinski definition) is 2. The van der Waals surface area contributed by atoms with Crippen molar-refractivity contribution in [3.05, 3.63) is 47.0 Å². The van der Waals surface area contributed by atoms with Crippen molar-refractivity contribution >= 4 is 17.6 Å². The molecule has 7 heteroatoms. The van der Waals surface area contributed by atoms with Crippen LogP contribution in [0.15, 0.2) is 24.3 Å². The molecule has 0 aliphatic heterocycles. The van der Waals surface area contributed by atoms with Crippen LogP contribution in [0, 0.1) is 19.7 Å². The minimum atomic E-state index is -1.18. The van der Waals surface area contributed by atoms with Crippen molar-refractivity contribution in [2.75, 3.05) is 5.32 Å². The van der Waals surface area contributed by atoms with Crippen molar-refractivity contribution in [2.24, 2.45) is 0 Å². The van der Waals surface area contributed by atoms with Gasteiger partial charge in [0.2, 0.25) is 5.91 Å². The van der Waals surface area contributed by atoms with E-state index in [0.717, 1.165) is 29.6 Å². The highest BCUT2D eigenvalue weighted by Crippen LogP contribution is 2.19. The second-order valence-corrected chi connectivity index (χ2v) is 5.47. The summed E-state index contributed by atoms with van der Waals surface area (Å²) in [6.07, 6.45) is 0.0959. The van der Waals surface area contributed by atoms with Crippen molar-refractivity contribution < 1.29 is 19.1 Å². The van der Waals surface area contributed by atoms with Crippen LogP contribution in [-0.2, 0) is 4.79 Å². The lowest BCUT2D eigenvalue weighted by atomic mass is 10.1. The van der Waals surface area contributed by atoms with Gasteiger partial charge in [-0.15, -0.1) is 0 Å². The Morgan fingerprint density at radius 3 is 2.61 bits per heavy atom. The molecule has 2 aromatic rings. The lowest BCUT2D eigenvalue weighted by molar-refractivity contribution is -0.116. The van der Waals surface area contributed by atoms with Crippen LogP contribution in [0.5, 0.6) is 0 Å². The largest absolute Gasteiger partial charge is 0.478 e. The van der Waals surface area contributed by atoms with Crippen molar-refractivity contribution in [3.63, 3.8) is 0 Å². The smallest absolute Gasteiger partial charge is 0.335 e. The zero-order valence-electron chi connectivity index (χ0n) is 13.1. The average molecular weight is 319 g/mol. The Kier molecular flexibility index (Phi) is 4.78. The van der Waals surface area contributed by atoms with Crippen LogP contribution in [0.4, 0.5) is 10.1 Å². The fourth-order valence-electron chi connectivity index (χ4n) is 2.40. The van der Waals surface area contributed by atoms with Gasteiger partial charge in [0.15, 0.2) is 0 Å². The van der Waals surface area contributed by atoms with Gasteiger partial charge >= 0.3 is 5.97 Å². The molecule has 1 heterocycles. The van der Waals surface area contributed by atoms with E-state index in [0.29, 0.717) is 0 Å². The van der Waals surface area contributed by atoms with Gasteiger partial charge in [0, 0.05) is 12.1 Å². The highest BCUT2D eigenvalue weighted by atomic mass is 19.1. The molecular formula is C16H18FN3O3. The molecule has 2 N–H and O–H groups in total. The summed E-state index contributed by atoms with van der Waals surface area (Å²) >= 11 is 0. The molecule has 0 fully saturated rings. The van der Waals surface area contributed by atoms with E-state index in [9.17, 15) is 14.0 Å². The van der Waals surface area contributed by atoms with Gasteiger partial charge in [-0.2, -0.15) is 5.10 Å². The zero-order chi connectivity index (χ0) is 17.1. The second-order valence-electron chi connectivity index (χ2n) is 5.47. The first kappa shape index (κ1) is 16.7. The molecule has 0 spiro atoms. The van der Waals surface area contributed by atoms with E-state index in [1.54, 1.807) is 4.68 Å². The predicted octanol–water partition coefficient (Wildman–Crippen LogP) is 2.93. The lowest BCUT2D eigenvalue weighted by Gasteiger charge is -2.14. The fraction of sp³-hybridized carbons (Fsp3) is 0.312. The molecule has 2 rings (SSSR count). The number of nitrogens with zero attached hydrogens (tertiary/aromatic N) is 2. The molecule has 1 aromatic carbocycles. The third-order valence-electron chi connectivity index (χ3n) is 3.43. The van der Waals surface area contributed by atoms with E-state index >= 15 is 0 Å².